The lowest BCUT2D eigenvalue weighted by Gasteiger charge is -2.48. The SMILES string of the molecule is CCC1CN(Cc2cccc(F)c2Cl)C2(CCCC2)CN1. The third kappa shape index (κ3) is 2.96. The Hall–Kier alpha value is -0.640. The summed E-state index contributed by atoms with van der Waals surface area (Å²) in [6.07, 6.45) is 6.20. The van der Waals surface area contributed by atoms with Crippen molar-refractivity contribution >= 4 is 11.6 Å². The van der Waals surface area contributed by atoms with Crippen LogP contribution in [0.1, 0.15) is 44.6 Å². The van der Waals surface area contributed by atoms with Crippen LogP contribution in [-0.2, 0) is 6.54 Å². The van der Waals surface area contributed by atoms with Crippen molar-refractivity contribution in [1.82, 2.24) is 10.2 Å². The molecule has 1 unspecified atom stereocenters. The summed E-state index contributed by atoms with van der Waals surface area (Å²) in [7, 11) is 0. The molecular formula is C17H24ClFN2. The highest BCUT2D eigenvalue weighted by molar-refractivity contribution is 6.31. The Morgan fingerprint density at radius 2 is 2.14 bits per heavy atom. The minimum atomic E-state index is -0.309. The Balaban J connectivity index is 1.83. The molecule has 1 aliphatic heterocycles. The van der Waals surface area contributed by atoms with Crippen LogP contribution in [0.3, 0.4) is 0 Å². The maximum absolute atomic E-state index is 13.7. The molecule has 1 aliphatic carbocycles. The Kier molecular flexibility index (Phi) is 4.53. The van der Waals surface area contributed by atoms with Gasteiger partial charge in [0.15, 0.2) is 0 Å². The maximum Gasteiger partial charge on any atom is 0.142 e. The number of halogens is 2. The molecule has 1 saturated heterocycles. The average Bonchev–Trinajstić information content (AvgIpc) is 2.96. The summed E-state index contributed by atoms with van der Waals surface area (Å²) in [5.41, 5.74) is 1.17. The first-order valence-electron chi connectivity index (χ1n) is 8.06. The fraction of sp³-hybridized carbons (Fsp3) is 0.647. The lowest BCUT2D eigenvalue weighted by molar-refractivity contribution is 0.0349. The second-order valence-electron chi connectivity index (χ2n) is 6.51. The number of piperazine rings is 1. The van der Waals surface area contributed by atoms with E-state index in [4.69, 9.17) is 11.6 Å². The largest absolute Gasteiger partial charge is 0.311 e. The van der Waals surface area contributed by atoms with Gasteiger partial charge in [-0.2, -0.15) is 0 Å². The summed E-state index contributed by atoms with van der Waals surface area (Å²) >= 11 is 6.16. The molecule has 1 atom stereocenters. The summed E-state index contributed by atoms with van der Waals surface area (Å²) < 4.78 is 13.7. The number of benzene rings is 1. The van der Waals surface area contributed by atoms with Crippen LogP contribution >= 0.6 is 11.6 Å². The molecule has 4 heteroatoms. The molecule has 0 bridgehead atoms. The second kappa shape index (κ2) is 6.23. The van der Waals surface area contributed by atoms with Gasteiger partial charge in [-0.1, -0.05) is 43.5 Å². The zero-order valence-electron chi connectivity index (χ0n) is 12.7. The predicted octanol–water partition coefficient (Wildman–Crippen LogP) is 3.98. The first kappa shape index (κ1) is 15.3. The van der Waals surface area contributed by atoms with Crippen LogP contribution in [0.4, 0.5) is 4.39 Å². The van der Waals surface area contributed by atoms with Crippen molar-refractivity contribution in [2.75, 3.05) is 13.1 Å². The maximum atomic E-state index is 13.7. The van der Waals surface area contributed by atoms with E-state index in [1.165, 1.54) is 31.7 Å². The van der Waals surface area contributed by atoms with Gasteiger partial charge in [0.05, 0.1) is 5.02 Å². The van der Waals surface area contributed by atoms with Gasteiger partial charge in [0.2, 0.25) is 0 Å². The molecule has 3 rings (SSSR count). The van der Waals surface area contributed by atoms with Crippen LogP contribution in [0.5, 0.6) is 0 Å². The van der Waals surface area contributed by atoms with E-state index in [0.717, 1.165) is 31.6 Å². The van der Waals surface area contributed by atoms with Crippen LogP contribution < -0.4 is 5.32 Å². The molecule has 0 amide bonds. The van der Waals surface area contributed by atoms with E-state index in [0.29, 0.717) is 6.04 Å². The summed E-state index contributed by atoms with van der Waals surface area (Å²) in [6.45, 7) is 5.06. The molecule has 1 aromatic carbocycles. The zero-order valence-corrected chi connectivity index (χ0v) is 13.4. The highest BCUT2D eigenvalue weighted by Gasteiger charge is 2.43. The molecule has 2 nitrogen and oxygen atoms in total. The molecular weight excluding hydrogens is 287 g/mol. The van der Waals surface area contributed by atoms with Crippen LogP contribution in [0.15, 0.2) is 18.2 Å². The zero-order chi connectivity index (χ0) is 14.9. The second-order valence-corrected chi connectivity index (χ2v) is 6.89. The molecule has 1 heterocycles. The molecule has 2 fully saturated rings. The number of nitrogens with one attached hydrogen (secondary N) is 1. The third-order valence-electron chi connectivity index (χ3n) is 5.25. The number of hydrogen-bond acceptors (Lipinski definition) is 2. The fourth-order valence-electron chi connectivity index (χ4n) is 3.88. The van der Waals surface area contributed by atoms with Gasteiger partial charge in [0, 0.05) is 31.2 Å². The Morgan fingerprint density at radius 1 is 1.38 bits per heavy atom. The van der Waals surface area contributed by atoms with Crippen molar-refractivity contribution in [3.8, 4) is 0 Å². The molecule has 1 spiro atoms. The predicted molar refractivity (Wildman–Crippen MR) is 85.1 cm³/mol. The van der Waals surface area contributed by atoms with E-state index in [9.17, 15) is 4.39 Å². The quantitative estimate of drug-likeness (QED) is 0.908. The summed E-state index contributed by atoms with van der Waals surface area (Å²) in [5, 5.41) is 3.98. The number of nitrogens with zero attached hydrogens (tertiary/aromatic N) is 1. The van der Waals surface area contributed by atoms with Crippen molar-refractivity contribution < 1.29 is 4.39 Å². The molecule has 1 saturated carbocycles. The summed E-state index contributed by atoms with van der Waals surface area (Å²) in [6, 6.07) is 5.68. The highest BCUT2D eigenvalue weighted by atomic mass is 35.5. The van der Waals surface area contributed by atoms with Gasteiger partial charge < -0.3 is 5.32 Å². The van der Waals surface area contributed by atoms with Crippen molar-refractivity contribution in [3.05, 3.63) is 34.6 Å². The number of hydrogen-bond donors (Lipinski definition) is 1. The van der Waals surface area contributed by atoms with E-state index >= 15 is 0 Å². The molecule has 116 valence electrons. The molecule has 21 heavy (non-hydrogen) atoms. The van der Waals surface area contributed by atoms with Gasteiger partial charge in [0.25, 0.3) is 0 Å². The van der Waals surface area contributed by atoms with Crippen molar-refractivity contribution in [2.24, 2.45) is 0 Å². The lowest BCUT2D eigenvalue weighted by atomic mass is 9.90. The third-order valence-corrected chi connectivity index (χ3v) is 5.67. The number of rotatable bonds is 3. The minimum Gasteiger partial charge on any atom is -0.311 e. The Labute approximate surface area is 131 Å². The first-order chi connectivity index (χ1) is 10.1. The van der Waals surface area contributed by atoms with Gasteiger partial charge >= 0.3 is 0 Å². The Bertz CT molecular complexity index is 500. The molecule has 0 radical (unpaired) electrons. The monoisotopic (exact) mass is 310 g/mol. The molecule has 1 aromatic rings. The topological polar surface area (TPSA) is 15.3 Å². The average molecular weight is 311 g/mol. The van der Waals surface area contributed by atoms with E-state index in [1.54, 1.807) is 6.07 Å². The highest BCUT2D eigenvalue weighted by Crippen LogP contribution is 2.38. The van der Waals surface area contributed by atoms with Crippen LogP contribution in [-0.4, -0.2) is 29.6 Å². The van der Waals surface area contributed by atoms with Crippen LogP contribution in [0, 0.1) is 5.82 Å². The van der Waals surface area contributed by atoms with Gasteiger partial charge in [-0.3, -0.25) is 4.90 Å². The standard InChI is InChI=1S/C17H24ClFN2/c1-2-14-11-21(17(12-20-14)8-3-4-9-17)10-13-6-5-7-15(19)16(13)18/h5-7,14,20H,2-4,8-12H2,1H3. The Morgan fingerprint density at radius 3 is 2.86 bits per heavy atom. The van der Waals surface area contributed by atoms with E-state index in [2.05, 4.69) is 17.1 Å². The normalized spacial score (nSPS) is 25.6. The molecule has 1 N–H and O–H groups in total. The van der Waals surface area contributed by atoms with Gasteiger partial charge in [-0.25, -0.2) is 4.39 Å². The fourth-order valence-corrected chi connectivity index (χ4v) is 4.06. The summed E-state index contributed by atoms with van der Waals surface area (Å²) in [5.74, 6) is -0.309. The molecule has 0 aromatic heterocycles. The smallest absolute Gasteiger partial charge is 0.142 e. The van der Waals surface area contributed by atoms with Gasteiger partial charge in [0.1, 0.15) is 5.82 Å². The van der Waals surface area contributed by atoms with Crippen molar-refractivity contribution in [1.29, 1.82) is 0 Å². The van der Waals surface area contributed by atoms with E-state index in [1.807, 2.05) is 6.07 Å². The van der Waals surface area contributed by atoms with E-state index in [-0.39, 0.29) is 16.4 Å². The van der Waals surface area contributed by atoms with E-state index < -0.39 is 0 Å². The van der Waals surface area contributed by atoms with Crippen molar-refractivity contribution in [2.45, 2.75) is 57.2 Å². The molecule has 2 aliphatic rings. The van der Waals surface area contributed by atoms with Crippen LogP contribution in [0.2, 0.25) is 5.02 Å². The van der Waals surface area contributed by atoms with Gasteiger partial charge in [-0.15, -0.1) is 0 Å². The van der Waals surface area contributed by atoms with Crippen LogP contribution in [0.25, 0.3) is 0 Å². The lowest BCUT2D eigenvalue weighted by Crippen LogP contribution is -2.62. The minimum absolute atomic E-state index is 0.251. The summed E-state index contributed by atoms with van der Waals surface area (Å²) in [4.78, 5) is 2.56. The first-order valence-corrected chi connectivity index (χ1v) is 8.44. The van der Waals surface area contributed by atoms with Gasteiger partial charge in [-0.05, 0) is 30.9 Å². The van der Waals surface area contributed by atoms with Crippen molar-refractivity contribution in [3.63, 3.8) is 0 Å².